The standard InChI is InChI=1S/C15H20FN3O3/c1-22-11-15(21)19-8-6-18(7-9-19)10-14(20)17-13-5-3-2-4-12(13)16/h2-5H,6-11H2,1H3,(H,17,20). The number of nitrogens with one attached hydrogen (secondary N) is 1. The maximum absolute atomic E-state index is 13.5. The van der Waals surface area contributed by atoms with Crippen LogP contribution >= 0.6 is 0 Å². The first-order valence-corrected chi connectivity index (χ1v) is 7.13. The van der Waals surface area contributed by atoms with Gasteiger partial charge in [-0.25, -0.2) is 4.39 Å². The second-order valence-electron chi connectivity index (χ2n) is 5.12. The van der Waals surface area contributed by atoms with Gasteiger partial charge in [0.05, 0.1) is 12.2 Å². The van der Waals surface area contributed by atoms with Gasteiger partial charge in [-0.3, -0.25) is 14.5 Å². The first-order chi connectivity index (χ1) is 10.6. The molecule has 6 nitrogen and oxygen atoms in total. The van der Waals surface area contributed by atoms with E-state index in [0.717, 1.165) is 0 Å². The number of benzene rings is 1. The molecule has 7 heteroatoms. The van der Waals surface area contributed by atoms with Gasteiger partial charge in [0, 0.05) is 33.3 Å². The van der Waals surface area contributed by atoms with Crippen LogP contribution in [0.1, 0.15) is 0 Å². The Labute approximate surface area is 128 Å². The number of carbonyl (C=O) groups excluding carboxylic acids is 2. The van der Waals surface area contributed by atoms with Crippen LogP contribution in [0.4, 0.5) is 10.1 Å². The van der Waals surface area contributed by atoms with Crippen molar-refractivity contribution in [2.24, 2.45) is 0 Å². The number of carbonyl (C=O) groups is 2. The molecule has 0 aliphatic carbocycles. The van der Waals surface area contributed by atoms with Gasteiger partial charge in [-0.15, -0.1) is 0 Å². The fraction of sp³-hybridized carbons (Fsp3) is 0.467. The molecule has 0 bridgehead atoms. The highest BCUT2D eigenvalue weighted by atomic mass is 19.1. The van der Waals surface area contributed by atoms with E-state index in [1.165, 1.54) is 19.2 Å². The highest BCUT2D eigenvalue weighted by Crippen LogP contribution is 2.12. The summed E-state index contributed by atoms with van der Waals surface area (Å²) in [5, 5.41) is 2.56. The lowest BCUT2D eigenvalue weighted by Gasteiger charge is -2.34. The molecule has 1 aromatic carbocycles. The van der Waals surface area contributed by atoms with E-state index in [1.807, 2.05) is 4.90 Å². The summed E-state index contributed by atoms with van der Waals surface area (Å²) in [5.41, 5.74) is 0.182. The van der Waals surface area contributed by atoms with Gasteiger partial charge in [0.25, 0.3) is 0 Å². The molecule has 2 rings (SSSR count). The molecule has 1 fully saturated rings. The number of para-hydroxylation sites is 1. The Balaban J connectivity index is 1.77. The molecule has 1 N–H and O–H groups in total. The zero-order valence-corrected chi connectivity index (χ0v) is 12.5. The van der Waals surface area contributed by atoms with Crippen LogP contribution in [-0.2, 0) is 14.3 Å². The summed E-state index contributed by atoms with van der Waals surface area (Å²) in [7, 11) is 1.49. The molecule has 1 saturated heterocycles. The third-order valence-corrected chi connectivity index (χ3v) is 3.51. The predicted molar refractivity (Wildman–Crippen MR) is 79.9 cm³/mol. The quantitative estimate of drug-likeness (QED) is 0.863. The van der Waals surface area contributed by atoms with E-state index in [4.69, 9.17) is 4.74 Å². The van der Waals surface area contributed by atoms with Crippen LogP contribution in [0.5, 0.6) is 0 Å². The summed E-state index contributed by atoms with van der Waals surface area (Å²) >= 11 is 0. The lowest BCUT2D eigenvalue weighted by Crippen LogP contribution is -2.51. The van der Waals surface area contributed by atoms with Crippen LogP contribution in [0.15, 0.2) is 24.3 Å². The molecule has 2 amide bonds. The SMILES string of the molecule is COCC(=O)N1CCN(CC(=O)Nc2ccccc2F)CC1. The molecule has 0 unspecified atom stereocenters. The second kappa shape index (κ2) is 7.86. The van der Waals surface area contributed by atoms with Crippen LogP contribution in [0.2, 0.25) is 0 Å². The van der Waals surface area contributed by atoms with Crippen molar-refractivity contribution in [2.75, 3.05) is 51.8 Å². The average Bonchev–Trinajstić information content (AvgIpc) is 2.50. The van der Waals surface area contributed by atoms with Gasteiger partial charge < -0.3 is 15.0 Å². The van der Waals surface area contributed by atoms with Crippen LogP contribution in [-0.4, -0.2) is 68.1 Å². The first-order valence-electron chi connectivity index (χ1n) is 7.13. The molecule has 1 aliphatic heterocycles. The van der Waals surface area contributed by atoms with Crippen LogP contribution < -0.4 is 5.32 Å². The number of ether oxygens (including phenoxy) is 1. The molecule has 0 radical (unpaired) electrons. The molecule has 1 heterocycles. The van der Waals surface area contributed by atoms with Crippen molar-refractivity contribution >= 4 is 17.5 Å². The largest absolute Gasteiger partial charge is 0.375 e. The maximum Gasteiger partial charge on any atom is 0.248 e. The Hall–Kier alpha value is -1.99. The molecule has 1 aromatic rings. The summed E-state index contributed by atoms with van der Waals surface area (Å²) in [6, 6.07) is 6.06. The number of anilines is 1. The van der Waals surface area contributed by atoms with E-state index in [1.54, 1.807) is 17.0 Å². The highest BCUT2D eigenvalue weighted by molar-refractivity contribution is 5.92. The number of halogens is 1. The molecule has 0 atom stereocenters. The van der Waals surface area contributed by atoms with Gasteiger partial charge >= 0.3 is 0 Å². The molecule has 22 heavy (non-hydrogen) atoms. The van der Waals surface area contributed by atoms with E-state index in [2.05, 4.69) is 5.32 Å². The van der Waals surface area contributed by atoms with Crippen molar-refractivity contribution in [1.82, 2.24) is 9.80 Å². The second-order valence-corrected chi connectivity index (χ2v) is 5.12. The van der Waals surface area contributed by atoms with Crippen molar-refractivity contribution in [3.8, 4) is 0 Å². The first kappa shape index (κ1) is 16.4. The van der Waals surface area contributed by atoms with E-state index in [0.29, 0.717) is 26.2 Å². The van der Waals surface area contributed by atoms with Gasteiger partial charge in [0.15, 0.2) is 0 Å². The number of nitrogens with zero attached hydrogens (tertiary/aromatic N) is 2. The fourth-order valence-corrected chi connectivity index (χ4v) is 2.33. The average molecular weight is 309 g/mol. The zero-order chi connectivity index (χ0) is 15.9. The lowest BCUT2D eigenvalue weighted by atomic mass is 10.3. The highest BCUT2D eigenvalue weighted by Gasteiger charge is 2.22. The molecular weight excluding hydrogens is 289 g/mol. The smallest absolute Gasteiger partial charge is 0.248 e. The predicted octanol–water partition coefficient (Wildman–Crippen LogP) is 0.555. The Kier molecular flexibility index (Phi) is 5.85. The van der Waals surface area contributed by atoms with Crippen molar-refractivity contribution < 1.29 is 18.7 Å². The van der Waals surface area contributed by atoms with E-state index in [9.17, 15) is 14.0 Å². The Morgan fingerprint density at radius 2 is 1.91 bits per heavy atom. The number of hydrogen-bond donors (Lipinski definition) is 1. The Bertz CT molecular complexity index is 531. The number of hydrogen-bond acceptors (Lipinski definition) is 4. The summed E-state index contributed by atoms with van der Waals surface area (Å²) < 4.78 is 18.3. The topological polar surface area (TPSA) is 61.9 Å². The minimum atomic E-state index is -0.453. The molecule has 0 aromatic heterocycles. The summed E-state index contributed by atoms with van der Waals surface area (Å²) in [6.07, 6.45) is 0. The molecule has 120 valence electrons. The van der Waals surface area contributed by atoms with Gasteiger partial charge in [-0.05, 0) is 12.1 Å². The van der Waals surface area contributed by atoms with Gasteiger partial charge in [-0.1, -0.05) is 12.1 Å². The van der Waals surface area contributed by atoms with Gasteiger partial charge in [-0.2, -0.15) is 0 Å². The molecule has 1 aliphatic rings. The fourth-order valence-electron chi connectivity index (χ4n) is 2.33. The Morgan fingerprint density at radius 3 is 2.55 bits per heavy atom. The van der Waals surface area contributed by atoms with E-state index < -0.39 is 5.82 Å². The van der Waals surface area contributed by atoms with Crippen molar-refractivity contribution in [2.45, 2.75) is 0 Å². The van der Waals surface area contributed by atoms with E-state index in [-0.39, 0.29) is 30.7 Å². The van der Waals surface area contributed by atoms with Crippen molar-refractivity contribution in [3.63, 3.8) is 0 Å². The summed E-state index contributed by atoms with van der Waals surface area (Å²) in [4.78, 5) is 27.3. The minimum Gasteiger partial charge on any atom is -0.375 e. The number of amides is 2. The minimum absolute atomic E-state index is 0.0436. The van der Waals surface area contributed by atoms with Crippen molar-refractivity contribution in [1.29, 1.82) is 0 Å². The third kappa shape index (κ3) is 4.51. The van der Waals surface area contributed by atoms with Crippen LogP contribution in [0.3, 0.4) is 0 Å². The summed E-state index contributed by atoms with van der Waals surface area (Å²) in [6.45, 7) is 2.61. The van der Waals surface area contributed by atoms with Gasteiger partial charge in [0.2, 0.25) is 11.8 Å². The van der Waals surface area contributed by atoms with Crippen LogP contribution in [0, 0.1) is 5.82 Å². The van der Waals surface area contributed by atoms with E-state index >= 15 is 0 Å². The third-order valence-electron chi connectivity index (χ3n) is 3.51. The number of piperazine rings is 1. The number of methoxy groups -OCH3 is 1. The van der Waals surface area contributed by atoms with Gasteiger partial charge in [0.1, 0.15) is 12.4 Å². The maximum atomic E-state index is 13.5. The lowest BCUT2D eigenvalue weighted by molar-refractivity contribution is -0.137. The normalized spacial score (nSPS) is 15.6. The molecular formula is C15H20FN3O3. The molecule has 0 spiro atoms. The molecule has 0 saturated carbocycles. The zero-order valence-electron chi connectivity index (χ0n) is 12.5. The number of rotatable bonds is 5. The summed E-state index contributed by atoms with van der Waals surface area (Å²) in [5.74, 6) is -0.759. The van der Waals surface area contributed by atoms with Crippen LogP contribution in [0.25, 0.3) is 0 Å². The Morgan fingerprint density at radius 1 is 1.23 bits per heavy atom. The monoisotopic (exact) mass is 309 g/mol. The van der Waals surface area contributed by atoms with Crippen molar-refractivity contribution in [3.05, 3.63) is 30.1 Å².